The molecule has 3 rings (SSSR count). The lowest BCUT2D eigenvalue weighted by molar-refractivity contribution is -0.156. The van der Waals surface area contributed by atoms with Crippen molar-refractivity contribution in [3.8, 4) is 0 Å². The number of benzene rings is 1. The van der Waals surface area contributed by atoms with Gasteiger partial charge in [-0.1, -0.05) is 51.8 Å². The summed E-state index contributed by atoms with van der Waals surface area (Å²) in [4.78, 5) is 47.1. The third-order valence-electron chi connectivity index (χ3n) is 8.12. The van der Waals surface area contributed by atoms with E-state index in [4.69, 9.17) is 14.2 Å². The molecule has 10 heteroatoms. The zero-order chi connectivity index (χ0) is 33.1. The minimum atomic E-state index is -0.608. The van der Waals surface area contributed by atoms with E-state index < -0.39 is 17.6 Å². The van der Waals surface area contributed by atoms with Gasteiger partial charge in [0.2, 0.25) is 0 Å². The van der Waals surface area contributed by atoms with Crippen molar-refractivity contribution in [2.24, 2.45) is 18.9 Å². The van der Waals surface area contributed by atoms with Crippen LogP contribution in [0.2, 0.25) is 0 Å². The minimum Gasteiger partial charge on any atom is -0.465 e. The molecule has 0 aliphatic rings. The summed E-state index contributed by atoms with van der Waals surface area (Å²) in [6, 6.07) is 5.91. The minimum absolute atomic E-state index is 0.108. The molecule has 0 saturated carbocycles. The zero-order valence-corrected chi connectivity index (χ0v) is 28.2. The van der Waals surface area contributed by atoms with Gasteiger partial charge in [-0.3, -0.25) is 9.59 Å². The Hall–Kier alpha value is -3.95. The van der Waals surface area contributed by atoms with Crippen LogP contribution in [0.3, 0.4) is 0 Å². The van der Waals surface area contributed by atoms with E-state index in [1.54, 1.807) is 18.7 Å². The average molecular weight is 623 g/mol. The van der Waals surface area contributed by atoms with Gasteiger partial charge >= 0.3 is 18.0 Å². The van der Waals surface area contributed by atoms with Gasteiger partial charge in [-0.25, -0.2) is 19.3 Å². The maximum absolute atomic E-state index is 13.5. The van der Waals surface area contributed by atoms with E-state index >= 15 is 0 Å². The van der Waals surface area contributed by atoms with Crippen molar-refractivity contribution in [3.05, 3.63) is 71.3 Å². The first-order valence-electron chi connectivity index (χ1n) is 16.0. The van der Waals surface area contributed by atoms with Gasteiger partial charge in [0.25, 0.3) is 0 Å². The number of aromatic nitrogens is 4. The summed E-state index contributed by atoms with van der Waals surface area (Å²) in [5.74, 6) is -1.37. The molecule has 3 aromatic rings. The normalized spacial score (nSPS) is 13.6. The number of nitrogens with zero attached hydrogens (tertiary/aromatic N) is 4. The molecule has 0 radical (unpaired) electrons. The third-order valence-corrected chi connectivity index (χ3v) is 8.12. The first-order valence-corrected chi connectivity index (χ1v) is 16.0. The van der Waals surface area contributed by atoms with Crippen molar-refractivity contribution in [1.82, 2.24) is 19.1 Å². The lowest BCUT2D eigenvalue weighted by Gasteiger charge is -2.25. The lowest BCUT2D eigenvalue weighted by Crippen LogP contribution is -2.31. The van der Waals surface area contributed by atoms with Crippen LogP contribution < -0.4 is 0 Å². The average Bonchev–Trinajstić information content (AvgIpc) is 3.64. The number of carbonyl (C=O) groups excluding carboxylic acids is 3. The zero-order valence-electron chi connectivity index (χ0n) is 28.2. The Kier molecular flexibility index (Phi) is 12.9. The number of hydrogen-bond donors (Lipinski definition) is 0. The van der Waals surface area contributed by atoms with E-state index in [9.17, 15) is 14.4 Å². The second kappa shape index (κ2) is 16.4. The third kappa shape index (κ3) is 10.3. The van der Waals surface area contributed by atoms with Crippen molar-refractivity contribution in [1.29, 1.82) is 0 Å². The molecule has 2 heterocycles. The quantitative estimate of drug-likeness (QED) is 0.102. The summed E-state index contributed by atoms with van der Waals surface area (Å²) >= 11 is 0. The number of unbranched alkanes of at least 4 members (excludes halogenated alkanes) is 2. The molecule has 1 unspecified atom stereocenters. The molecule has 0 bridgehead atoms. The number of hydrogen-bond acceptors (Lipinski definition) is 8. The van der Waals surface area contributed by atoms with Gasteiger partial charge in [-0.15, -0.1) is 0 Å². The van der Waals surface area contributed by atoms with Gasteiger partial charge in [0, 0.05) is 43.4 Å². The van der Waals surface area contributed by atoms with Crippen molar-refractivity contribution in [2.75, 3.05) is 6.61 Å². The van der Waals surface area contributed by atoms with Crippen molar-refractivity contribution in [3.63, 3.8) is 0 Å². The maximum atomic E-state index is 13.5. The summed E-state index contributed by atoms with van der Waals surface area (Å²) in [5.41, 5.74) is 3.98. The summed E-state index contributed by atoms with van der Waals surface area (Å²) in [6.07, 6.45) is 10.4. The Morgan fingerprint density at radius 3 is 2.44 bits per heavy atom. The number of rotatable bonds is 15. The molecular formula is C35H50N4O6. The van der Waals surface area contributed by atoms with Crippen LogP contribution in [0.1, 0.15) is 108 Å². The fourth-order valence-electron chi connectivity index (χ4n) is 5.37. The topological polar surface area (TPSA) is 115 Å². The molecular weight excluding hydrogens is 572 g/mol. The Balaban J connectivity index is 1.71. The monoisotopic (exact) mass is 622 g/mol. The molecule has 0 spiro atoms. The summed E-state index contributed by atoms with van der Waals surface area (Å²) in [7, 11) is 1.91. The smallest absolute Gasteiger partial charge is 0.419 e. The van der Waals surface area contributed by atoms with E-state index in [2.05, 4.69) is 16.9 Å². The second-order valence-electron chi connectivity index (χ2n) is 12.8. The molecule has 0 saturated heterocycles. The van der Waals surface area contributed by atoms with Crippen LogP contribution in [0.5, 0.6) is 0 Å². The van der Waals surface area contributed by atoms with Gasteiger partial charge in [-0.05, 0) is 63.6 Å². The van der Waals surface area contributed by atoms with Gasteiger partial charge in [0.1, 0.15) is 18.5 Å². The molecule has 0 amide bonds. The Morgan fingerprint density at radius 2 is 1.80 bits per heavy atom. The summed E-state index contributed by atoms with van der Waals surface area (Å²) < 4.78 is 20.3. The van der Waals surface area contributed by atoms with Gasteiger partial charge in [0.15, 0.2) is 0 Å². The Bertz CT molecular complexity index is 1420. The largest absolute Gasteiger partial charge is 0.465 e. The number of aryl methyl sites for hydroxylation is 1. The highest BCUT2D eigenvalue weighted by molar-refractivity contribution is 5.73. The Labute approximate surface area is 267 Å². The van der Waals surface area contributed by atoms with E-state index in [0.29, 0.717) is 19.3 Å². The molecule has 0 fully saturated rings. The number of imidazole rings is 2. The van der Waals surface area contributed by atoms with Crippen LogP contribution in [-0.2, 0) is 43.9 Å². The number of esters is 2. The van der Waals surface area contributed by atoms with Crippen LogP contribution in [0.4, 0.5) is 4.79 Å². The first kappa shape index (κ1) is 35.5. The van der Waals surface area contributed by atoms with Gasteiger partial charge < -0.3 is 18.8 Å². The molecule has 10 nitrogen and oxygen atoms in total. The summed E-state index contributed by atoms with van der Waals surface area (Å²) in [6.45, 7) is 13.8. The molecule has 0 aliphatic heterocycles. The van der Waals surface area contributed by atoms with Crippen molar-refractivity contribution in [2.45, 2.75) is 105 Å². The molecule has 246 valence electrons. The highest BCUT2D eigenvalue weighted by atomic mass is 16.6. The van der Waals surface area contributed by atoms with E-state index in [1.165, 1.54) is 10.9 Å². The van der Waals surface area contributed by atoms with Crippen LogP contribution in [-0.4, -0.2) is 49.3 Å². The van der Waals surface area contributed by atoms with Crippen LogP contribution in [0.15, 0.2) is 43.2 Å². The van der Waals surface area contributed by atoms with Crippen LogP contribution >= 0.6 is 0 Å². The molecule has 3 atom stereocenters. The Morgan fingerprint density at radius 1 is 1.04 bits per heavy atom. The van der Waals surface area contributed by atoms with Gasteiger partial charge in [-0.2, -0.15) is 0 Å². The van der Waals surface area contributed by atoms with Crippen molar-refractivity contribution >= 4 is 18.0 Å². The lowest BCUT2D eigenvalue weighted by atomic mass is 9.87. The predicted molar refractivity (Wildman–Crippen MR) is 172 cm³/mol. The van der Waals surface area contributed by atoms with Crippen LogP contribution in [0.25, 0.3) is 0 Å². The molecule has 45 heavy (non-hydrogen) atoms. The van der Waals surface area contributed by atoms with E-state index in [0.717, 1.165) is 47.3 Å². The fraction of sp³-hybridized carbons (Fsp3) is 0.571. The maximum Gasteiger partial charge on any atom is 0.419 e. The fourth-order valence-corrected chi connectivity index (χ4v) is 5.37. The SMILES string of the molecule is CCCCCC(=O)OC[C@H](Cc1cncn1C)C(CC)C(=O)OCc1cccc([C@H](C)c2cn(C(=O)OC(C)(C)C)cn2)c1C. The standard InChI is InChI=1S/C35H50N4O6/c1-9-11-12-16-32(40)43-21-27(17-28-18-36-22-38(28)8)29(10-2)33(41)44-20-26-14-13-15-30(24(26)3)25(4)31-19-39(23-37-31)34(42)45-35(5,6)7/h13-15,18-19,22-23,25,27,29H,9-12,16-17,20-21H2,1-8H3/t25-,27-,29?/m0/s1. The second-order valence-corrected chi connectivity index (χ2v) is 12.8. The predicted octanol–water partition coefficient (Wildman–Crippen LogP) is 6.91. The van der Waals surface area contributed by atoms with Crippen molar-refractivity contribution < 1.29 is 28.6 Å². The number of carbonyl (C=O) groups is 3. The van der Waals surface area contributed by atoms with Crippen LogP contribution in [0, 0.1) is 18.8 Å². The molecule has 0 N–H and O–H groups in total. The highest BCUT2D eigenvalue weighted by Gasteiger charge is 2.31. The van der Waals surface area contributed by atoms with E-state index in [-0.39, 0.29) is 37.0 Å². The van der Waals surface area contributed by atoms with E-state index in [1.807, 2.05) is 71.4 Å². The molecule has 0 aliphatic carbocycles. The molecule has 1 aromatic carbocycles. The highest BCUT2D eigenvalue weighted by Crippen LogP contribution is 2.29. The summed E-state index contributed by atoms with van der Waals surface area (Å²) in [5, 5.41) is 0. The first-order chi connectivity index (χ1) is 21.3. The molecule has 2 aromatic heterocycles. The van der Waals surface area contributed by atoms with Gasteiger partial charge in [0.05, 0.1) is 24.5 Å². The number of ether oxygens (including phenoxy) is 3.